The zero-order chi connectivity index (χ0) is 12.8. The minimum atomic E-state index is 0.889. The van der Waals surface area contributed by atoms with E-state index in [0.29, 0.717) is 0 Å². The number of nitrogens with zero attached hydrogens (tertiary/aromatic N) is 3. The van der Waals surface area contributed by atoms with Crippen molar-refractivity contribution < 1.29 is 0 Å². The van der Waals surface area contributed by atoms with Crippen molar-refractivity contribution in [2.24, 2.45) is 13.0 Å². The van der Waals surface area contributed by atoms with Crippen molar-refractivity contribution in [3.8, 4) is 0 Å². The van der Waals surface area contributed by atoms with Crippen LogP contribution in [0.3, 0.4) is 0 Å². The lowest BCUT2D eigenvalue weighted by Crippen LogP contribution is -2.38. The Hall–Kier alpha value is -0.870. The average Bonchev–Trinajstić information content (AvgIpc) is 2.81. The van der Waals surface area contributed by atoms with Gasteiger partial charge < -0.3 is 10.2 Å². The molecule has 1 fully saturated rings. The molecule has 0 saturated carbocycles. The van der Waals surface area contributed by atoms with E-state index in [4.69, 9.17) is 0 Å². The van der Waals surface area contributed by atoms with E-state index in [-0.39, 0.29) is 0 Å². The number of piperidine rings is 1. The molecule has 18 heavy (non-hydrogen) atoms. The van der Waals surface area contributed by atoms with Crippen molar-refractivity contribution >= 4 is 0 Å². The van der Waals surface area contributed by atoms with Gasteiger partial charge in [-0.15, -0.1) is 0 Å². The molecule has 0 aromatic carbocycles. The summed E-state index contributed by atoms with van der Waals surface area (Å²) in [6.45, 7) is 8.18. The van der Waals surface area contributed by atoms with Crippen molar-refractivity contribution in [3.05, 3.63) is 18.0 Å². The van der Waals surface area contributed by atoms with E-state index in [2.05, 4.69) is 28.4 Å². The number of likely N-dealkylation sites (tertiary alicyclic amines) is 1. The molecular formula is C14H26N4. The van der Waals surface area contributed by atoms with Gasteiger partial charge in [-0.25, -0.2) is 0 Å². The Bertz CT molecular complexity index is 339. The summed E-state index contributed by atoms with van der Waals surface area (Å²) in [5.74, 6) is 0.889. The molecule has 1 aromatic heterocycles. The van der Waals surface area contributed by atoms with E-state index in [0.717, 1.165) is 18.9 Å². The molecule has 0 amide bonds. The van der Waals surface area contributed by atoms with E-state index in [1.807, 2.05) is 17.9 Å². The number of hydrogen-bond donors (Lipinski definition) is 1. The summed E-state index contributed by atoms with van der Waals surface area (Å²) in [6.07, 6.45) is 7.93. The number of rotatable bonds is 6. The van der Waals surface area contributed by atoms with Crippen LogP contribution in [0.15, 0.2) is 12.4 Å². The smallest absolute Gasteiger partial charge is 0.0522 e. The van der Waals surface area contributed by atoms with Gasteiger partial charge in [0.2, 0.25) is 0 Å². The second-order valence-corrected chi connectivity index (χ2v) is 5.36. The average molecular weight is 250 g/mol. The largest absolute Gasteiger partial charge is 0.317 e. The van der Waals surface area contributed by atoms with Crippen molar-refractivity contribution in [2.75, 3.05) is 32.7 Å². The molecule has 1 aliphatic heterocycles. The maximum absolute atomic E-state index is 4.22. The molecule has 4 nitrogen and oxygen atoms in total. The molecule has 1 saturated heterocycles. The van der Waals surface area contributed by atoms with Crippen LogP contribution in [0.25, 0.3) is 0 Å². The van der Waals surface area contributed by atoms with Crippen LogP contribution in [-0.4, -0.2) is 47.4 Å². The minimum absolute atomic E-state index is 0.889. The van der Waals surface area contributed by atoms with E-state index in [1.54, 1.807) is 0 Å². The topological polar surface area (TPSA) is 33.1 Å². The first-order valence-corrected chi connectivity index (χ1v) is 7.18. The Morgan fingerprint density at radius 2 is 2.17 bits per heavy atom. The van der Waals surface area contributed by atoms with Crippen LogP contribution >= 0.6 is 0 Å². The highest BCUT2D eigenvalue weighted by Crippen LogP contribution is 2.16. The highest BCUT2D eigenvalue weighted by atomic mass is 15.2. The molecular weight excluding hydrogens is 224 g/mol. The van der Waals surface area contributed by atoms with Gasteiger partial charge in [0.25, 0.3) is 0 Å². The van der Waals surface area contributed by atoms with Crippen LogP contribution in [0.5, 0.6) is 0 Å². The van der Waals surface area contributed by atoms with Gasteiger partial charge in [-0.2, -0.15) is 5.10 Å². The van der Waals surface area contributed by atoms with Crippen LogP contribution in [0.4, 0.5) is 0 Å². The van der Waals surface area contributed by atoms with Gasteiger partial charge >= 0.3 is 0 Å². The summed E-state index contributed by atoms with van der Waals surface area (Å²) in [4.78, 5) is 2.59. The van der Waals surface area contributed by atoms with Gasteiger partial charge in [0.15, 0.2) is 0 Å². The Morgan fingerprint density at radius 3 is 2.78 bits per heavy atom. The Balaban J connectivity index is 1.64. The zero-order valence-corrected chi connectivity index (χ0v) is 11.7. The van der Waals surface area contributed by atoms with Gasteiger partial charge in [0.1, 0.15) is 0 Å². The van der Waals surface area contributed by atoms with Gasteiger partial charge in [0.05, 0.1) is 6.20 Å². The Morgan fingerprint density at radius 1 is 1.39 bits per heavy atom. The molecule has 2 rings (SSSR count). The molecule has 1 aromatic rings. The number of nitrogens with one attached hydrogen (secondary N) is 1. The lowest BCUT2D eigenvalue weighted by atomic mass is 9.96. The summed E-state index contributed by atoms with van der Waals surface area (Å²) in [5, 5.41) is 7.68. The van der Waals surface area contributed by atoms with Crippen molar-refractivity contribution in [1.29, 1.82) is 0 Å². The standard InChI is InChI=1S/C14H26N4/c1-3-15-10-13-4-7-18(8-5-13)9-6-14-11-16-17(2)12-14/h11-13,15H,3-10H2,1-2H3. The fourth-order valence-corrected chi connectivity index (χ4v) is 2.65. The predicted molar refractivity (Wildman–Crippen MR) is 74.6 cm³/mol. The molecule has 0 atom stereocenters. The monoisotopic (exact) mass is 250 g/mol. The fraction of sp³-hybridized carbons (Fsp3) is 0.786. The van der Waals surface area contributed by atoms with Gasteiger partial charge in [-0.1, -0.05) is 6.92 Å². The summed E-state index contributed by atoms with van der Waals surface area (Å²) in [5.41, 5.74) is 1.35. The lowest BCUT2D eigenvalue weighted by molar-refractivity contribution is 0.184. The maximum atomic E-state index is 4.22. The van der Waals surface area contributed by atoms with Crippen LogP contribution in [0, 0.1) is 5.92 Å². The van der Waals surface area contributed by atoms with E-state index in [1.165, 1.54) is 44.6 Å². The van der Waals surface area contributed by atoms with Crippen molar-refractivity contribution in [1.82, 2.24) is 20.0 Å². The predicted octanol–water partition coefficient (Wildman–Crippen LogP) is 1.28. The second kappa shape index (κ2) is 6.90. The van der Waals surface area contributed by atoms with Gasteiger partial charge in [0, 0.05) is 19.8 Å². The summed E-state index contributed by atoms with van der Waals surface area (Å²) in [7, 11) is 1.98. The third-order valence-electron chi connectivity index (χ3n) is 3.87. The summed E-state index contributed by atoms with van der Waals surface area (Å²) in [6, 6.07) is 0. The van der Waals surface area contributed by atoms with Crippen LogP contribution in [0.2, 0.25) is 0 Å². The molecule has 0 bridgehead atoms. The van der Waals surface area contributed by atoms with Crippen LogP contribution < -0.4 is 5.32 Å². The zero-order valence-electron chi connectivity index (χ0n) is 11.7. The fourth-order valence-electron chi connectivity index (χ4n) is 2.65. The van der Waals surface area contributed by atoms with Gasteiger partial charge in [-0.3, -0.25) is 4.68 Å². The first-order valence-electron chi connectivity index (χ1n) is 7.18. The molecule has 0 radical (unpaired) electrons. The maximum Gasteiger partial charge on any atom is 0.0522 e. The Labute approximate surface area is 110 Å². The molecule has 1 N–H and O–H groups in total. The molecule has 102 valence electrons. The van der Waals surface area contributed by atoms with Crippen molar-refractivity contribution in [3.63, 3.8) is 0 Å². The first kappa shape index (κ1) is 13.6. The molecule has 0 unspecified atom stereocenters. The lowest BCUT2D eigenvalue weighted by Gasteiger charge is -2.31. The highest BCUT2D eigenvalue weighted by molar-refractivity contribution is 5.04. The van der Waals surface area contributed by atoms with E-state index in [9.17, 15) is 0 Å². The third-order valence-corrected chi connectivity index (χ3v) is 3.87. The number of aromatic nitrogens is 2. The minimum Gasteiger partial charge on any atom is -0.317 e. The molecule has 0 aliphatic carbocycles. The summed E-state index contributed by atoms with van der Waals surface area (Å²) < 4.78 is 1.89. The third kappa shape index (κ3) is 4.10. The SMILES string of the molecule is CCNCC1CCN(CCc2cnn(C)c2)CC1. The van der Waals surface area contributed by atoms with Crippen molar-refractivity contribution in [2.45, 2.75) is 26.2 Å². The number of hydrogen-bond acceptors (Lipinski definition) is 3. The van der Waals surface area contributed by atoms with Crippen LogP contribution in [0.1, 0.15) is 25.3 Å². The quantitative estimate of drug-likeness (QED) is 0.826. The molecule has 1 aliphatic rings. The molecule has 4 heteroatoms. The van der Waals surface area contributed by atoms with E-state index >= 15 is 0 Å². The van der Waals surface area contributed by atoms with E-state index < -0.39 is 0 Å². The Kier molecular flexibility index (Phi) is 5.20. The molecule has 0 spiro atoms. The van der Waals surface area contributed by atoms with Gasteiger partial charge in [-0.05, 0) is 56.9 Å². The summed E-state index contributed by atoms with van der Waals surface area (Å²) >= 11 is 0. The first-order chi connectivity index (χ1) is 8.78. The number of aryl methyl sites for hydroxylation is 1. The van der Waals surface area contributed by atoms with Crippen LogP contribution in [-0.2, 0) is 13.5 Å². The second-order valence-electron chi connectivity index (χ2n) is 5.36. The molecule has 2 heterocycles. The normalized spacial score (nSPS) is 18.3. The highest BCUT2D eigenvalue weighted by Gasteiger charge is 2.18.